The molecule has 0 aliphatic carbocycles. The van der Waals surface area contributed by atoms with Crippen LogP contribution in [-0.4, -0.2) is 31.7 Å². The van der Waals surface area contributed by atoms with E-state index in [0.717, 1.165) is 11.3 Å². The van der Waals surface area contributed by atoms with Crippen molar-refractivity contribution in [2.75, 3.05) is 0 Å². The van der Waals surface area contributed by atoms with Crippen molar-refractivity contribution < 1.29 is 19.1 Å². The molecule has 31 heavy (non-hydrogen) atoms. The fourth-order valence-electron chi connectivity index (χ4n) is 2.79. The summed E-state index contributed by atoms with van der Waals surface area (Å²) in [5.74, 6) is -2.04. The Balaban J connectivity index is 1.45. The van der Waals surface area contributed by atoms with Gasteiger partial charge in [0.15, 0.2) is 11.4 Å². The van der Waals surface area contributed by atoms with E-state index in [1.54, 1.807) is 43.3 Å². The van der Waals surface area contributed by atoms with Crippen molar-refractivity contribution in [3.05, 3.63) is 82.9 Å². The number of amides is 2. The molecular weight excluding hydrogens is 421 g/mol. The average molecular weight is 437 g/mol. The lowest BCUT2D eigenvalue weighted by Crippen LogP contribution is -2.41. The molecule has 0 atom stereocenters. The van der Waals surface area contributed by atoms with E-state index in [4.69, 9.17) is 0 Å². The first-order chi connectivity index (χ1) is 14.9. The third-order valence-electron chi connectivity index (χ3n) is 4.31. The second-order valence-corrected chi connectivity index (χ2v) is 7.49. The van der Waals surface area contributed by atoms with Crippen LogP contribution in [0.1, 0.15) is 25.9 Å². The number of para-hydroxylation sites is 1. The molecule has 2 aromatic carbocycles. The molecule has 0 fully saturated rings. The molecule has 0 saturated heterocycles. The predicted octanol–water partition coefficient (Wildman–Crippen LogP) is 3.22. The second kappa shape index (κ2) is 8.36. The molecule has 2 aromatic heterocycles. The van der Waals surface area contributed by atoms with Gasteiger partial charge in [0.1, 0.15) is 15.7 Å². The summed E-state index contributed by atoms with van der Waals surface area (Å²) in [6.07, 6.45) is 1.30. The molecule has 0 spiro atoms. The van der Waals surface area contributed by atoms with Crippen LogP contribution in [0.2, 0.25) is 0 Å². The van der Waals surface area contributed by atoms with Crippen LogP contribution in [0, 0.1) is 12.7 Å². The molecule has 2 heterocycles. The van der Waals surface area contributed by atoms with Crippen molar-refractivity contribution in [1.82, 2.24) is 25.6 Å². The minimum atomic E-state index is -0.776. The summed E-state index contributed by atoms with van der Waals surface area (Å²) in [7, 11) is 0. The Labute approximate surface area is 180 Å². The van der Waals surface area contributed by atoms with Gasteiger partial charge in [-0.25, -0.2) is 14.1 Å². The van der Waals surface area contributed by atoms with Gasteiger partial charge in [-0.3, -0.25) is 20.4 Å². The molecule has 0 radical (unpaired) electrons. The third-order valence-corrected chi connectivity index (χ3v) is 5.52. The molecular formula is C21H16FN5O3S. The molecule has 0 aliphatic heterocycles. The van der Waals surface area contributed by atoms with Crippen LogP contribution in [-0.2, 0) is 0 Å². The number of hydrazine groups is 1. The summed E-state index contributed by atoms with van der Waals surface area (Å²) in [6.45, 7) is 1.66. The maximum Gasteiger partial charge on any atom is 0.294 e. The lowest BCUT2D eigenvalue weighted by atomic mass is 10.2. The number of aromatic hydroxyl groups is 1. The monoisotopic (exact) mass is 437 g/mol. The van der Waals surface area contributed by atoms with Gasteiger partial charge < -0.3 is 5.11 Å². The maximum absolute atomic E-state index is 13.1. The lowest BCUT2D eigenvalue weighted by Gasteiger charge is -2.05. The first-order valence-corrected chi connectivity index (χ1v) is 9.92. The van der Waals surface area contributed by atoms with Crippen LogP contribution >= 0.6 is 11.3 Å². The van der Waals surface area contributed by atoms with E-state index >= 15 is 0 Å². The number of rotatable bonds is 4. The summed E-state index contributed by atoms with van der Waals surface area (Å²) < 4.78 is 14.5. The van der Waals surface area contributed by atoms with Gasteiger partial charge in [-0.05, 0) is 43.3 Å². The summed E-state index contributed by atoms with van der Waals surface area (Å²) in [4.78, 5) is 29.5. The smallest absolute Gasteiger partial charge is 0.294 e. The Kier molecular flexibility index (Phi) is 5.46. The normalized spacial score (nSPS) is 10.6. The van der Waals surface area contributed by atoms with E-state index in [9.17, 15) is 19.1 Å². The number of aromatic nitrogens is 3. The first-order valence-electron chi connectivity index (χ1n) is 9.10. The second-order valence-electron chi connectivity index (χ2n) is 6.49. The van der Waals surface area contributed by atoms with Gasteiger partial charge in [-0.15, -0.1) is 11.3 Å². The van der Waals surface area contributed by atoms with Crippen molar-refractivity contribution in [3.63, 3.8) is 0 Å². The van der Waals surface area contributed by atoms with Crippen molar-refractivity contribution in [2.24, 2.45) is 0 Å². The zero-order valence-corrected chi connectivity index (χ0v) is 17.0. The molecule has 2 amide bonds. The number of nitrogens with zero attached hydrogens (tertiary/aromatic N) is 3. The number of thiazole rings is 1. The van der Waals surface area contributed by atoms with Gasteiger partial charge in [0.05, 0.1) is 17.6 Å². The number of halogens is 1. The molecule has 4 aromatic rings. The first kappa shape index (κ1) is 20.2. The molecule has 0 aliphatic rings. The Hall–Kier alpha value is -4.05. The number of hydrogen-bond acceptors (Lipinski definition) is 6. The third kappa shape index (κ3) is 4.28. The zero-order chi connectivity index (χ0) is 22.0. The topological polar surface area (TPSA) is 109 Å². The average Bonchev–Trinajstić information content (AvgIpc) is 3.36. The molecule has 3 N–H and O–H groups in total. The van der Waals surface area contributed by atoms with E-state index < -0.39 is 11.8 Å². The highest BCUT2D eigenvalue weighted by molar-refractivity contribution is 7.17. The summed E-state index contributed by atoms with van der Waals surface area (Å²) in [5, 5.41) is 14.7. The number of aryl methyl sites for hydroxylation is 1. The lowest BCUT2D eigenvalue weighted by molar-refractivity contribution is 0.0843. The van der Waals surface area contributed by atoms with Gasteiger partial charge in [-0.2, -0.15) is 5.10 Å². The highest BCUT2D eigenvalue weighted by Gasteiger charge is 2.20. The summed E-state index contributed by atoms with van der Waals surface area (Å²) >= 11 is 1.11. The number of benzene rings is 2. The van der Waals surface area contributed by atoms with E-state index in [0.29, 0.717) is 26.8 Å². The molecule has 8 nitrogen and oxygen atoms in total. The van der Waals surface area contributed by atoms with E-state index in [-0.39, 0.29) is 17.3 Å². The molecule has 0 bridgehead atoms. The van der Waals surface area contributed by atoms with Crippen LogP contribution in [0.3, 0.4) is 0 Å². The number of carbonyl (C=O) groups is 2. The molecule has 0 unspecified atom stereocenters. The molecule has 156 valence electrons. The quantitative estimate of drug-likeness (QED) is 0.425. The van der Waals surface area contributed by atoms with E-state index in [1.807, 2.05) is 6.07 Å². The van der Waals surface area contributed by atoms with Crippen molar-refractivity contribution in [3.8, 4) is 22.0 Å². The van der Waals surface area contributed by atoms with Crippen LogP contribution in [0.25, 0.3) is 16.3 Å². The predicted molar refractivity (Wildman–Crippen MR) is 112 cm³/mol. The van der Waals surface area contributed by atoms with Crippen molar-refractivity contribution in [2.45, 2.75) is 6.92 Å². The van der Waals surface area contributed by atoms with Gasteiger partial charge >= 0.3 is 0 Å². The fourth-order valence-corrected chi connectivity index (χ4v) is 3.76. The highest BCUT2D eigenvalue weighted by atomic mass is 32.1. The SMILES string of the molecule is Cc1nc(-c2ccc(F)cc2)sc1C(=O)NNC(=O)c1nn(-c2ccccc2)cc1O. The minimum absolute atomic E-state index is 0.239. The Morgan fingerprint density at radius 1 is 1.03 bits per heavy atom. The van der Waals surface area contributed by atoms with Crippen molar-refractivity contribution in [1.29, 1.82) is 0 Å². The number of nitrogens with one attached hydrogen (secondary N) is 2. The minimum Gasteiger partial charge on any atom is -0.504 e. The standard InChI is InChI=1S/C21H16FN5O3S/c1-12-18(31-21(23-12)13-7-9-14(22)10-8-13)20(30)25-24-19(29)17-16(28)11-27(26-17)15-5-3-2-4-6-15/h2-11,28H,1H3,(H,24,29)(H,25,30). The van der Waals surface area contributed by atoms with Gasteiger partial charge in [-0.1, -0.05) is 18.2 Å². The fraction of sp³-hybridized carbons (Fsp3) is 0.0476. The van der Waals surface area contributed by atoms with Gasteiger partial charge in [0.2, 0.25) is 0 Å². The number of carbonyl (C=O) groups excluding carboxylic acids is 2. The molecule has 0 saturated carbocycles. The van der Waals surface area contributed by atoms with Crippen LogP contribution in [0.5, 0.6) is 5.75 Å². The van der Waals surface area contributed by atoms with E-state index in [2.05, 4.69) is 20.9 Å². The zero-order valence-electron chi connectivity index (χ0n) is 16.2. The molecule has 10 heteroatoms. The Morgan fingerprint density at radius 2 is 1.71 bits per heavy atom. The van der Waals surface area contributed by atoms with Gasteiger partial charge in [0, 0.05) is 5.56 Å². The van der Waals surface area contributed by atoms with Crippen molar-refractivity contribution >= 4 is 23.2 Å². The number of hydrogen-bond donors (Lipinski definition) is 3. The molecule has 4 rings (SSSR count). The van der Waals surface area contributed by atoms with E-state index in [1.165, 1.54) is 23.0 Å². The maximum atomic E-state index is 13.1. The van der Waals surface area contributed by atoms with Crippen LogP contribution < -0.4 is 10.9 Å². The largest absolute Gasteiger partial charge is 0.504 e. The summed E-state index contributed by atoms with van der Waals surface area (Å²) in [5.41, 5.74) is 6.10. The van der Waals surface area contributed by atoms with Crippen LogP contribution in [0.15, 0.2) is 60.8 Å². The Bertz CT molecular complexity index is 1250. The van der Waals surface area contributed by atoms with Crippen LogP contribution in [0.4, 0.5) is 4.39 Å². The van der Waals surface area contributed by atoms with Gasteiger partial charge in [0.25, 0.3) is 11.8 Å². The summed E-state index contributed by atoms with van der Waals surface area (Å²) in [6, 6.07) is 14.7. The highest BCUT2D eigenvalue weighted by Crippen LogP contribution is 2.28. The Morgan fingerprint density at radius 3 is 2.42 bits per heavy atom.